The number of carbonyl (C=O) groups is 1. The Balaban J connectivity index is 1.58. The lowest BCUT2D eigenvalue weighted by molar-refractivity contribution is 0.0303. The summed E-state index contributed by atoms with van der Waals surface area (Å²) < 4.78 is 5.29. The van der Waals surface area contributed by atoms with Crippen molar-refractivity contribution < 1.29 is 9.53 Å². The Morgan fingerprint density at radius 3 is 2.86 bits per heavy atom. The number of rotatable bonds is 5. The van der Waals surface area contributed by atoms with Gasteiger partial charge < -0.3 is 15.0 Å². The summed E-state index contributed by atoms with van der Waals surface area (Å²) in [5, 5.41) is 5.49. The van der Waals surface area contributed by atoms with Crippen LogP contribution < -0.4 is 5.32 Å². The first-order valence-electron chi connectivity index (χ1n) is 7.56. The van der Waals surface area contributed by atoms with E-state index in [-0.39, 0.29) is 5.91 Å². The van der Waals surface area contributed by atoms with E-state index in [1.165, 1.54) is 4.88 Å². The van der Waals surface area contributed by atoms with Gasteiger partial charge in [0.25, 0.3) is 5.91 Å². The van der Waals surface area contributed by atoms with E-state index in [4.69, 9.17) is 4.74 Å². The summed E-state index contributed by atoms with van der Waals surface area (Å²) in [6, 6.07) is 12.0. The van der Waals surface area contributed by atoms with Gasteiger partial charge in [-0.1, -0.05) is 12.1 Å². The predicted octanol–water partition coefficient (Wildman–Crippen LogP) is 2.88. The molecule has 5 heteroatoms. The molecule has 2 aromatic rings. The van der Waals surface area contributed by atoms with Gasteiger partial charge in [-0.15, -0.1) is 11.3 Å². The van der Waals surface area contributed by atoms with Crippen molar-refractivity contribution in [2.75, 3.05) is 38.2 Å². The summed E-state index contributed by atoms with van der Waals surface area (Å²) in [5.74, 6) is 0.0882. The third kappa shape index (κ3) is 3.87. The maximum Gasteiger partial charge on any atom is 0.254 e. The quantitative estimate of drug-likeness (QED) is 0.922. The van der Waals surface area contributed by atoms with Crippen molar-refractivity contribution in [1.29, 1.82) is 0 Å². The fraction of sp³-hybridized carbons (Fsp3) is 0.353. The molecule has 1 N–H and O–H groups in total. The van der Waals surface area contributed by atoms with Crippen LogP contribution in [0.3, 0.4) is 0 Å². The second-order valence-corrected chi connectivity index (χ2v) is 6.27. The first-order chi connectivity index (χ1) is 10.8. The summed E-state index contributed by atoms with van der Waals surface area (Å²) in [7, 11) is 0. The van der Waals surface area contributed by atoms with Crippen LogP contribution in [0.15, 0.2) is 41.8 Å². The van der Waals surface area contributed by atoms with Gasteiger partial charge in [0, 0.05) is 35.8 Å². The molecule has 0 radical (unpaired) electrons. The van der Waals surface area contributed by atoms with Crippen molar-refractivity contribution >= 4 is 22.9 Å². The number of hydrogen-bond acceptors (Lipinski definition) is 4. The molecule has 0 unspecified atom stereocenters. The van der Waals surface area contributed by atoms with Crippen molar-refractivity contribution in [3.05, 3.63) is 52.2 Å². The molecule has 1 aromatic carbocycles. The van der Waals surface area contributed by atoms with Crippen molar-refractivity contribution in [3.63, 3.8) is 0 Å². The van der Waals surface area contributed by atoms with Crippen LogP contribution in [0.25, 0.3) is 0 Å². The molecule has 0 spiro atoms. The fourth-order valence-electron chi connectivity index (χ4n) is 2.50. The Hall–Kier alpha value is -1.85. The molecule has 22 heavy (non-hydrogen) atoms. The number of morpholine rings is 1. The minimum absolute atomic E-state index is 0.0882. The number of amides is 1. The smallest absolute Gasteiger partial charge is 0.254 e. The molecular weight excluding hydrogens is 296 g/mol. The van der Waals surface area contributed by atoms with Crippen LogP contribution in [0.2, 0.25) is 0 Å². The molecule has 0 atom stereocenters. The summed E-state index contributed by atoms with van der Waals surface area (Å²) in [6.45, 7) is 3.48. The highest BCUT2D eigenvalue weighted by Gasteiger charge is 2.18. The Kier molecular flexibility index (Phi) is 5.08. The number of thiophene rings is 1. The van der Waals surface area contributed by atoms with Gasteiger partial charge in [0.05, 0.1) is 13.2 Å². The number of hydrogen-bond donors (Lipinski definition) is 1. The van der Waals surface area contributed by atoms with Gasteiger partial charge in [-0.05, 0) is 36.1 Å². The Labute approximate surface area is 134 Å². The maximum atomic E-state index is 12.5. The van der Waals surface area contributed by atoms with E-state index in [9.17, 15) is 4.79 Å². The molecule has 1 saturated heterocycles. The van der Waals surface area contributed by atoms with Crippen LogP contribution in [-0.2, 0) is 11.2 Å². The topological polar surface area (TPSA) is 41.6 Å². The van der Waals surface area contributed by atoms with Gasteiger partial charge in [-0.3, -0.25) is 4.79 Å². The number of ether oxygens (including phenoxy) is 1. The minimum atomic E-state index is 0.0882. The highest BCUT2D eigenvalue weighted by atomic mass is 32.1. The molecule has 1 amide bonds. The first kappa shape index (κ1) is 15.1. The molecular formula is C17H20N2O2S. The van der Waals surface area contributed by atoms with Crippen LogP contribution >= 0.6 is 11.3 Å². The molecule has 0 aliphatic carbocycles. The lowest BCUT2D eigenvalue weighted by Crippen LogP contribution is -2.40. The lowest BCUT2D eigenvalue weighted by atomic mass is 10.1. The highest BCUT2D eigenvalue weighted by Crippen LogP contribution is 2.15. The van der Waals surface area contributed by atoms with Gasteiger partial charge in [0.1, 0.15) is 0 Å². The average molecular weight is 316 g/mol. The van der Waals surface area contributed by atoms with Crippen LogP contribution in [-0.4, -0.2) is 43.7 Å². The third-order valence-corrected chi connectivity index (χ3v) is 4.62. The zero-order chi connectivity index (χ0) is 15.2. The monoisotopic (exact) mass is 316 g/mol. The molecule has 1 aliphatic heterocycles. The summed E-state index contributed by atoms with van der Waals surface area (Å²) >= 11 is 1.77. The summed E-state index contributed by atoms with van der Waals surface area (Å²) in [6.07, 6.45) is 0.999. The van der Waals surface area contributed by atoms with Gasteiger partial charge in [-0.25, -0.2) is 0 Å². The zero-order valence-electron chi connectivity index (χ0n) is 12.5. The van der Waals surface area contributed by atoms with Gasteiger partial charge in [-0.2, -0.15) is 0 Å². The number of carbonyl (C=O) groups excluding carboxylic acids is 1. The normalized spacial score (nSPS) is 14.8. The molecule has 1 aliphatic rings. The number of nitrogens with one attached hydrogen (secondary N) is 1. The van der Waals surface area contributed by atoms with Crippen LogP contribution in [0.4, 0.5) is 5.69 Å². The summed E-state index contributed by atoms with van der Waals surface area (Å²) in [5.41, 5.74) is 1.73. The number of nitrogens with zero attached hydrogens (tertiary/aromatic N) is 1. The SMILES string of the molecule is O=C(c1cccc(NCCc2cccs2)c1)N1CCOCC1. The Morgan fingerprint density at radius 2 is 2.09 bits per heavy atom. The molecule has 0 saturated carbocycles. The molecule has 3 rings (SSSR count). The summed E-state index contributed by atoms with van der Waals surface area (Å²) in [4.78, 5) is 15.7. The van der Waals surface area contributed by atoms with E-state index < -0.39 is 0 Å². The second kappa shape index (κ2) is 7.42. The zero-order valence-corrected chi connectivity index (χ0v) is 13.3. The molecule has 0 bridgehead atoms. The maximum absolute atomic E-state index is 12.5. The minimum Gasteiger partial charge on any atom is -0.385 e. The molecule has 2 heterocycles. The highest BCUT2D eigenvalue weighted by molar-refractivity contribution is 7.09. The number of anilines is 1. The van der Waals surface area contributed by atoms with Crippen LogP contribution in [0.1, 0.15) is 15.2 Å². The fourth-order valence-corrected chi connectivity index (χ4v) is 3.21. The molecule has 4 nitrogen and oxygen atoms in total. The predicted molar refractivity (Wildman–Crippen MR) is 89.7 cm³/mol. The van der Waals surface area contributed by atoms with Gasteiger partial charge >= 0.3 is 0 Å². The van der Waals surface area contributed by atoms with E-state index in [1.807, 2.05) is 29.2 Å². The van der Waals surface area contributed by atoms with E-state index in [2.05, 4.69) is 22.8 Å². The Morgan fingerprint density at radius 1 is 1.23 bits per heavy atom. The van der Waals surface area contributed by atoms with E-state index in [1.54, 1.807) is 11.3 Å². The van der Waals surface area contributed by atoms with Crippen LogP contribution in [0.5, 0.6) is 0 Å². The Bertz CT molecular complexity index is 607. The number of benzene rings is 1. The molecule has 116 valence electrons. The first-order valence-corrected chi connectivity index (χ1v) is 8.44. The van der Waals surface area contributed by atoms with E-state index >= 15 is 0 Å². The third-order valence-electron chi connectivity index (χ3n) is 3.69. The molecule has 1 aromatic heterocycles. The van der Waals surface area contributed by atoms with Crippen molar-refractivity contribution in [1.82, 2.24) is 4.90 Å². The van der Waals surface area contributed by atoms with E-state index in [0.717, 1.165) is 24.2 Å². The largest absolute Gasteiger partial charge is 0.385 e. The average Bonchev–Trinajstić information content (AvgIpc) is 3.09. The van der Waals surface area contributed by atoms with Crippen molar-refractivity contribution in [2.45, 2.75) is 6.42 Å². The van der Waals surface area contributed by atoms with Gasteiger partial charge in [0.2, 0.25) is 0 Å². The lowest BCUT2D eigenvalue weighted by Gasteiger charge is -2.27. The van der Waals surface area contributed by atoms with Crippen molar-refractivity contribution in [2.24, 2.45) is 0 Å². The molecule has 1 fully saturated rings. The van der Waals surface area contributed by atoms with Crippen LogP contribution in [0, 0.1) is 0 Å². The standard InChI is InChI=1S/C17H20N2O2S/c20-17(19-8-10-21-11-9-19)14-3-1-4-15(13-14)18-7-6-16-5-2-12-22-16/h1-5,12-13,18H,6-11H2. The van der Waals surface area contributed by atoms with E-state index in [0.29, 0.717) is 26.3 Å². The van der Waals surface area contributed by atoms with Gasteiger partial charge in [0.15, 0.2) is 0 Å². The second-order valence-electron chi connectivity index (χ2n) is 5.24. The van der Waals surface area contributed by atoms with Crippen molar-refractivity contribution in [3.8, 4) is 0 Å².